The second-order valence-corrected chi connectivity index (χ2v) is 16.5. The zero-order chi connectivity index (χ0) is 46.2. The Labute approximate surface area is 366 Å². The molecule has 2 aromatic rings. The molecule has 0 saturated carbocycles. The van der Waals surface area contributed by atoms with Gasteiger partial charge in [-0.15, -0.1) is 0 Å². The Kier molecular flexibility index (Phi) is 18.7. The van der Waals surface area contributed by atoms with Crippen molar-refractivity contribution in [2.24, 2.45) is 28.1 Å². The summed E-state index contributed by atoms with van der Waals surface area (Å²) < 4.78 is 0. The van der Waals surface area contributed by atoms with Crippen LogP contribution >= 0.6 is 0 Å². The first-order valence-corrected chi connectivity index (χ1v) is 21.6. The molecular formula is C42H64N12O9. The van der Waals surface area contributed by atoms with Crippen LogP contribution in [0.3, 0.4) is 0 Å². The fraction of sp³-hybridized carbons (Fsp3) is 0.595. The normalized spacial score (nSPS) is 22.7. The van der Waals surface area contributed by atoms with Gasteiger partial charge in [0.05, 0.1) is 6.54 Å². The number of benzene rings is 1. The highest BCUT2D eigenvalue weighted by atomic mass is 16.4. The van der Waals surface area contributed by atoms with E-state index in [9.17, 15) is 43.5 Å². The van der Waals surface area contributed by atoms with E-state index in [2.05, 4.69) is 36.6 Å². The van der Waals surface area contributed by atoms with Gasteiger partial charge in [0.15, 0.2) is 5.96 Å². The minimum absolute atomic E-state index is 0.0554. The molecule has 2 saturated heterocycles. The highest BCUT2D eigenvalue weighted by molar-refractivity contribution is 5.98. The number of aliphatic imine (C=N–C) groups is 1. The van der Waals surface area contributed by atoms with Crippen LogP contribution < -0.4 is 43.8 Å². The van der Waals surface area contributed by atoms with Gasteiger partial charge in [-0.1, -0.05) is 32.0 Å². The molecule has 2 aliphatic heterocycles. The first kappa shape index (κ1) is 49.4. The molecule has 13 N–H and O–H groups in total. The molecule has 6 atom stereocenters. The number of rotatable bonds is 15. The highest BCUT2D eigenvalue weighted by Gasteiger charge is 2.40. The summed E-state index contributed by atoms with van der Waals surface area (Å²) in [5.41, 5.74) is 18.2. The van der Waals surface area contributed by atoms with Crippen molar-refractivity contribution in [1.82, 2.24) is 41.4 Å². The Balaban J connectivity index is 1.75. The average Bonchev–Trinajstić information content (AvgIpc) is 3.90. The third kappa shape index (κ3) is 14.4. The molecule has 2 fully saturated rings. The van der Waals surface area contributed by atoms with Crippen LogP contribution in [0.4, 0.5) is 0 Å². The highest BCUT2D eigenvalue weighted by Crippen LogP contribution is 2.23. The first-order valence-electron chi connectivity index (χ1n) is 21.6. The number of hydrogen-bond acceptors (Lipinski definition) is 10. The van der Waals surface area contributed by atoms with Crippen LogP contribution in [0.25, 0.3) is 10.9 Å². The Morgan fingerprint density at radius 3 is 2.37 bits per heavy atom. The van der Waals surface area contributed by atoms with Crippen molar-refractivity contribution in [2.75, 3.05) is 33.2 Å². The van der Waals surface area contributed by atoms with Crippen molar-refractivity contribution in [3.63, 3.8) is 0 Å². The largest absolute Gasteiger partial charge is 0.480 e. The lowest BCUT2D eigenvalue weighted by molar-refractivity contribution is -0.144. The van der Waals surface area contributed by atoms with Crippen LogP contribution in [-0.2, 0) is 44.8 Å². The van der Waals surface area contributed by atoms with Crippen molar-refractivity contribution in [1.29, 1.82) is 0 Å². The molecule has 4 rings (SSSR count). The van der Waals surface area contributed by atoms with Crippen LogP contribution in [0.5, 0.6) is 0 Å². The number of para-hydroxylation sites is 1. The molecule has 7 amide bonds. The maximum absolute atomic E-state index is 14.4. The number of carboxylic acid groups (broad SMARTS) is 1. The quantitative estimate of drug-likeness (QED) is 0.0567. The number of fused-ring (bicyclic) bond motifs is 2. The first-order chi connectivity index (χ1) is 30.0. The summed E-state index contributed by atoms with van der Waals surface area (Å²) in [7, 11) is 1.38. The van der Waals surface area contributed by atoms with Crippen molar-refractivity contribution >= 4 is 64.2 Å². The molecule has 0 radical (unpaired) electrons. The maximum Gasteiger partial charge on any atom is 0.326 e. The number of aromatic amines is 1. The number of guanidine groups is 1. The lowest BCUT2D eigenvalue weighted by atomic mass is 10.0. The zero-order valence-corrected chi connectivity index (χ0v) is 36.3. The number of carboxylic acids is 1. The smallest absolute Gasteiger partial charge is 0.326 e. The van der Waals surface area contributed by atoms with E-state index >= 15 is 0 Å². The molecule has 346 valence electrons. The number of amides is 7. The summed E-state index contributed by atoms with van der Waals surface area (Å²) in [5, 5.41) is 24.0. The molecule has 1 unspecified atom stereocenters. The van der Waals surface area contributed by atoms with Gasteiger partial charge in [-0.3, -0.25) is 38.6 Å². The van der Waals surface area contributed by atoms with E-state index in [4.69, 9.17) is 17.2 Å². The van der Waals surface area contributed by atoms with Crippen LogP contribution in [-0.4, -0.2) is 143 Å². The zero-order valence-electron chi connectivity index (χ0n) is 36.3. The SMILES string of the molecule is CC(C)C[C@H](NC(=O)[C@@H]1CCC(=O)NCC(=O)N(C)[C@@H](CCCN=C(N)N)C(=O)N[C@@H](CCCCN)C(=O)N2CCCC2C(=O)N[C@@H](Cc2c[nH]c3ccccc23)C(=O)N1)C(=O)O. The Hall–Kier alpha value is -6.25. The molecule has 0 bridgehead atoms. The fourth-order valence-corrected chi connectivity index (χ4v) is 7.86. The number of aliphatic carboxylic acids is 1. The standard InChI is InChI=1S/C42H64N12O9/c1-24(2)20-31(41(62)63)52-36(57)28-15-16-34(55)48-23-35(56)53(3)32(13-8-18-46-42(44)45)38(59)50-29(12-6-7-17-43)40(61)54-19-9-14-33(54)39(60)51-30(37(58)49-28)21-25-22-47-27-11-5-4-10-26(25)27/h4-5,10-11,22,24,28-33,47H,6-9,12-21,23,43H2,1-3H3,(H,48,55)(H,49,58)(H,50,59)(H,51,60)(H,52,57)(H,62,63)(H4,44,45,46)/t28-,29-,30-,31-,32-,33?/m0/s1. The second kappa shape index (κ2) is 23.8. The molecule has 3 heterocycles. The van der Waals surface area contributed by atoms with E-state index in [0.717, 1.165) is 15.8 Å². The number of unbranched alkanes of at least 4 members (excludes halogenated alkanes) is 1. The third-order valence-corrected chi connectivity index (χ3v) is 11.3. The summed E-state index contributed by atoms with van der Waals surface area (Å²) in [5.74, 6) is -6.40. The van der Waals surface area contributed by atoms with Gasteiger partial charge < -0.3 is 63.7 Å². The number of nitrogens with zero attached hydrogens (tertiary/aromatic N) is 3. The topological polar surface area (TPSA) is 330 Å². The summed E-state index contributed by atoms with van der Waals surface area (Å²) in [4.78, 5) is 120. The summed E-state index contributed by atoms with van der Waals surface area (Å²) in [6.45, 7) is 3.69. The van der Waals surface area contributed by atoms with E-state index in [0.29, 0.717) is 31.4 Å². The number of carbonyl (C=O) groups is 8. The van der Waals surface area contributed by atoms with Crippen LogP contribution in [0.15, 0.2) is 35.5 Å². The molecule has 1 aromatic heterocycles. The van der Waals surface area contributed by atoms with Gasteiger partial charge in [0.2, 0.25) is 41.4 Å². The molecule has 21 heteroatoms. The molecular weight excluding hydrogens is 817 g/mol. The summed E-state index contributed by atoms with van der Waals surface area (Å²) in [6.07, 6.45) is 3.25. The average molecular weight is 881 g/mol. The molecule has 0 spiro atoms. The van der Waals surface area contributed by atoms with Gasteiger partial charge in [-0.05, 0) is 81.9 Å². The number of hydrogen-bond donors (Lipinski definition) is 10. The lowest BCUT2D eigenvalue weighted by Gasteiger charge is -2.32. The molecule has 63 heavy (non-hydrogen) atoms. The molecule has 1 aromatic carbocycles. The van der Waals surface area contributed by atoms with Gasteiger partial charge in [-0.25, -0.2) is 4.79 Å². The predicted octanol–water partition coefficient (Wildman–Crippen LogP) is -1.31. The van der Waals surface area contributed by atoms with Crippen molar-refractivity contribution in [3.05, 3.63) is 36.0 Å². The van der Waals surface area contributed by atoms with Crippen LogP contribution in [0, 0.1) is 5.92 Å². The van der Waals surface area contributed by atoms with Gasteiger partial charge in [-0.2, -0.15) is 0 Å². The van der Waals surface area contributed by atoms with E-state index in [1.54, 1.807) is 20.0 Å². The van der Waals surface area contributed by atoms with Crippen molar-refractivity contribution < 1.29 is 43.5 Å². The minimum atomic E-state index is -1.46. The Bertz CT molecular complexity index is 1980. The Morgan fingerprint density at radius 1 is 0.937 bits per heavy atom. The van der Waals surface area contributed by atoms with Gasteiger partial charge in [0, 0.05) is 50.1 Å². The van der Waals surface area contributed by atoms with Gasteiger partial charge >= 0.3 is 5.97 Å². The lowest BCUT2D eigenvalue weighted by Crippen LogP contribution is -2.60. The summed E-state index contributed by atoms with van der Waals surface area (Å²) >= 11 is 0. The minimum Gasteiger partial charge on any atom is -0.480 e. The van der Waals surface area contributed by atoms with E-state index in [-0.39, 0.29) is 76.3 Å². The molecule has 0 aliphatic carbocycles. The maximum atomic E-state index is 14.4. The van der Waals surface area contributed by atoms with Gasteiger partial charge in [0.25, 0.3) is 0 Å². The van der Waals surface area contributed by atoms with Crippen molar-refractivity contribution in [2.45, 2.75) is 121 Å². The van der Waals surface area contributed by atoms with E-state index in [1.807, 2.05) is 24.3 Å². The number of aromatic nitrogens is 1. The summed E-state index contributed by atoms with van der Waals surface area (Å²) in [6, 6.07) is -0.0174. The number of nitrogens with one attached hydrogen (secondary N) is 6. The predicted molar refractivity (Wildman–Crippen MR) is 233 cm³/mol. The van der Waals surface area contributed by atoms with Crippen LogP contribution in [0.1, 0.15) is 83.6 Å². The number of carbonyl (C=O) groups excluding carboxylic acids is 7. The monoisotopic (exact) mass is 880 g/mol. The second-order valence-electron chi connectivity index (χ2n) is 16.5. The van der Waals surface area contributed by atoms with E-state index in [1.165, 1.54) is 11.9 Å². The fourth-order valence-electron chi connectivity index (χ4n) is 7.86. The third-order valence-electron chi connectivity index (χ3n) is 11.3. The van der Waals surface area contributed by atoms with Gasteiger partial charge in [0.1, 0.15) is 36.3 Å². The van der Waals surface area contributed by atoms with E-state index < -0.39 is 90.1 Å². The molecule has 21 nitrogen and oxygen atoms in total. The molecule has 2 aliphatic rings. The Morgan fingerprint density at radius 2 is 1.67 bits per heavy atom. The van der Waals surface area contributed by atoms with Crippen molar-refractivity contribution in [3.8, 4) is 0 Å². The van der Waals surface area contributed by atoms with Crippen LogP contribution in [0.2, 0.25) is 0 Å². The number of likely N-dealkylation sites (N-methyl/N-ethyl adjacent to an activating group) is 1. The number of H-pyrrole nitrogens is 1. The number of nitrogens with two attached hydrogens (primary N) is 3.